The first-order valence-corrected chi connectivity index (χ1v) is 9.16. The maximum Gasteiger partial charge on any atom is 0.326 e. The number of aliphatic carboxylic acids is 1. The first kappa shape index (κ1) is 18.5. The lowest BCUT2D eigenvalue weighted by molar-refractivity contribution is -0.143. The molecule has 3 rings (SSSR count). The Balaban J connectivity index is 2.05. The number of aromatic nitrogens is 2. The van der Waals surface area contributed by atoms with Crippen LogP contribution in [0.4, 0.5) is 0 Å². The summed E-state index contributed by atoms with van der Waals surface area (Å²) < 4.78 is 10.5. The molecule has 2 aromatic heterocycles. The number of thiophene rings is 1. The van der Waals surface area contributed by atoms with E-state index in [4.69, 9.17) is 9.47 Å². The minimum atomic E-state index is -0.962. The zero-order valence-corrected chi connectivity index (χ0v) is 15.8. The predicted molar refractivity (Wildman–Crippen MR) is 95.7 cm³/mol. The summed E-state index contributed by atoms with van der Waals surface area (Å²) in [6, 6.07) is -0.780. The molecule has 0 aromatic carbocycles. The Hall–Kier alpha value is -2.26. The molecule has 0 aliphatic carbocycles. The van der Waals surface area contributed by atoms with Gasteiger partial charge in [-0.25, -0.2) is 9.78 Å². The van der Waals surface area contributed by atoms with Gasteiger partial charge in [-0.3, -0.25) is 4.79 Å². The fraction of sp³-hybridized carbons (Fsp3) is 0.529. The Kier molecular flexibility index (Phi) is 5.38. The number of amides is 1. The lowest BCUT2D eigenvalue weighted by Gasteiger charge is -2.32. The molecule has 0 bridgehead atoms. The number of carbonyl (C=O) groups excluding carboxylic acids is 1. The minimum Gasteiger partial charge on any atom is -0.480 e. The van der Waals surface area contributed by atoms with Crippen LogP contribution in [0.15, 0.2) is 0 Å². The molecule has 0 radical (unpaired) electrons. The molecular formula is C17H21N3O5S. The van der Waals surface area contributed by atoms with E-state index in [0.29, 0.717) is 45.3 Å². The van der Waals surface area contributed by atoms with Crippen LogP contribution in [-0.2, 0) is 16.1 Å². The molecule has 0 spiro atoms. The molecule has 140 valence electrons. The summed E-state index contributed by atoms with van der Waals surface area (Å²) in [4.78, 5) is 36.0. The SMILES string of the molecule is COCc1nc(OC)c2c(C)c(C(=O)N3CCCCC3C(=O)O)sc2n1. The van der Waals surface area contributed by atoms with Gasteiger partial charge in [0.2, 0.25) is 5.88 Å². The van der Waals surface area contributed by atoms with Crippen molar-refractivity contribution in [3.63, 3.8) is 0 Å². The highest BCUT2D eigenvalue weighted by Crippen LogP contribution is 2.36. The summed E-state index contributed by atoms with van der Waals surface area (Å²) in [7, 11) is 3.07. The quantitative estimate of drug-likeness (QED) is 0.850. The highest BCUT2D eigenvalue weighted by Gasteiger charge is 2.34. The summed E-state index contributed by atoms with van der Waals surface area (Å²) in [5, 5.41) is 10.1. The fourth-order valence-corrected chi connectivity index (χ4v) is 4.40. The van der Waals surface area contributed by atoms with E-state index in [9.17, 15) is 14.7 Å². The Bertz CT molecular complexity index is 851. The molecule has 1 N–H and O–H groups in total. The summed E-state index contributed by atoms with van der Waals surface area (Å²) in [6.45, 7) is 2.49. The van der Waals surface area contributed by atoms with E-state index < -0.39 is 12.0 Å². The summed E-state index contributed by atoms with van der Waals surface area (Å²) in [5.74, 6) is -0.369. The third-order valence-corrected chi connectivity index (χ3v) is 5.69. The van der Waals surface area contributed by atoms with Crippen LogP contribution in [0.25, 0.3) is 10.2 Å². The maximum absolute atomic E-state index is 13.1. The van der Waals surface area contributed by atoms with E-state index in [-0.39, 0.29) is 12.5 Å². The first-order valence-electron chi connectivity index (χ1n) is 8.34. The van der Waals surface area contributed by atoms with Gasteiger partial charge in [0.15, 0.2) is 5.82 Å². The Morgan fingerprint density at radius 2 is 2.08 bits per heavy atom. The largest absolute Gasteiger partial charge is 0.480 e. The van der Waals surface area contributed by atoms with Crippen LogP contribution in [0.1, 0.15) is 40.3 Å². The number of carbonyl (C=O) groups is 2. The summed E-state index contributed by atoms with van der Waals surface area (Å²) in [5.41, 5.74) is 0.713. The maximum atomic E-state index is 13.1. The Morgan fingerprint density at radius 3 is 2.73 bits per heavy atom. The molecule has 3 heterocycles. The molecule has 1 atom stereocenters. The number of piperidine rings is 1. The number of fused-ring (bicyclic) bond motifs is 1. The van der Waals surface area contributed by atoms with Gasteiger partial charge in [0.1, 0.15) is 17.5 Å². The van der Waals surface area contributed by atoms with Crippen molar-refractivity contribution in [3.05, 3.63) is 16.3 Å². The van der Waals surface area contributed by atoms with Crippen molar-refractivity contribution in [2.24, 2.45) is 0 Å². The van der Waals surface area contributed by atoms with Crippen LogP contribution in [0, 0.1) is 6.92 Å². The van der Waals surface area contributed by atoms with Crippen molar-refractivity contribution < 1.29 is 24.2 Å². The highest BCUT2D eigenvalue weighted by molar-refractivity contribution is 7.20. The topological polar surface area (TPSA) is 102 Å². The van der Waals surface area contributed by atoms with Crippen LogP contribution in [0.5, 0.6) is 5.88 Å². The van der Waals surface area contributed by atoms with Crippen LogP contribution in [-0.4, -0.2) is 58.7 Å². The van der Waals surface area contributed by atoms with Gasteiger partial charge in [-0.1, -0.05) is 0 Å². The van der Waals surface area contributed by atoms with Crippen molar-refractivity contribution in [3.8, 4) is 5.88 Å². The van der Waals surface area contributed by atoms with Crippen molar-refractivity contribution in [2.75, 3.05) is 20.8 Å². The summed E-state index contributed by atoms with van der Waals surface area (Å²) >= 11 is 1.24. The zero-order chi connectivity index (χ0) is 18.8. The number of methoxy groups -OCH3 is 2. The second-order valence-electron chi connectivity index (χ2n) is 6.17. The number of aryl methyl sites for hydroxylation is 1. The normalized spacial score (nSPS) is 17.5. The molecule has 9 heteroatoms. The average Bonchev–Trinajstić information content (AvgIpc) is 2.97. The van der Waals surface area contributed by atoms with Gasteiger partial charge in [-0.15, -0.1) is 11.3 Å². The number of hydrogen-bond acceptors (Lipinski definition) is 7. The van der Waals surface area contributed by atoms with E-state index >= 15 is 0 Å². The highest BCUT2D eigenvalue weighted by atomic mass is 32.1. The first-order chi connectivity index (χ1) is 12.5. The standard InChI is InChI=1S/C17H21N3O5S/c1-9-12-14(25-3)18-11(8-24-2)19-15(12)26-13(9)16(21)20-7-5-4-6-10(20)17(22)23/h10H,4-8H2,1-3H3,(H,22,23). The van der Waals surface area contributed by atoms with Crippen LogP contribution in [0.2, 0.25) is 0 Å². The van der Waals surface area contributed by atoms with Gasteiger partial charge in [-0.2, -0.15) is 4.98 Å². The molecule has 1 saturated heterocycles. The van der Waals surface area contributed by atoms with E-state index in [1.165, 1.54) is 23.3 Å². The average molecular weight is 379 g/mol. The Morgan fingerprint density at radius 1 is 1.31 bits per heavy atom. The number of likely N-dealkylation sites (tertiary alicyclic amines) is 1. The van der Waals surface area contributed by atoms with Gasteiger partial charge in [0.25, 0.3) is 5.91 Å². The van der Waals surface area contributed by atoms with Crippen LogP contribution in [0.3, 0.4) is 0 Å². The summed E-state index contributed by atoms with van der Waals surface area (Å²) in [6.07, 6.45) is 2.10. The molecular weight excluding hydrogens is 358 g/mol. The second kappa shape index (κ2) is 7.55. The lowest BCUT2D eigenvalue weighted by Crippen LogP contribution is -2.47. The number of rotatable bonds is 5. The van der Waals surface area contributed by atoms with E-state index in [1.54, 1.807) is 7.11 Å². The monoisotopic (exact) mass is 379 g/mol. The van der Waals surface area contributed by atoms with E-state index in [1.807, 2.05) is 6.92 Å². The smallest absolute Gasteiger partial charge is 0.326 e. The zero-order valence-electron chi connectivity index (χ0n) is 14.9. The van der Waals surface area contributed by atoms with Gasteiger partial charge in [0, 0.05) is 13.7 Å². The van der Waals surface area contributed by atoms with Gasteiger partial charge < -0.3 is 19.5 Å². The number of carboxylic acids is 1. The van der Waals surface area contributed by atoms with Crippen molar-refractivity contribution in [1.82, 2.24) is 14.9 Å². The predicted octanol–water partition coefficient (Wildman–Crippen LogP) is 2.23. The molecule has 8 nitrogen and oxygen atoms in total. The molecule has 1 amide bonds. The van der Waals surface area contributed by atoms with Gasteiger partial charge >= 0.3 is 5.97 Å². The third-order valence-electron chi connectivity index (χ3n) is 4.51. The molecule has 1 aliphatic heterocycles. The number of nitrogens with zero attached hydrogens (tertiary/aromatic N) is 3. The molecule has 1 aliphatic rings. The molecule has 2 aromatic rings. The van der Waals surface area contributed by atoms with Gasteiger partial charge in [0.05, 0.1) is 17.4 Å². The number of hydrogen-bond donors (Lipinski definition) is 1. The van der Waals surface area contributed by atoms with Crippen LogP contribution >= 0.6 is 11.3 Å². The number of ether oxygens (including phenoxy) is 2. The minimum absolute atomic E-state index is 0.236. The van der Waals surface area contributed by atoms with Crippen molar-refractivity contribution >= 4 is 33.4 Å². The fourth-order valence-electron chi connectivity index (χ4n) is 3.25. The van der Waals surface area contributed by atoms with E-state index in [0.717, 1.165) is 12.8 Å². The van der Waals surface area contributed by atoms with Gasteiger partial charge in [-0.05, 0) is 31.7 Å². The molecule has 26 heavy (non-hydrogen) atoms. The molecule has 1 fully saturated rings. The molecule has 0 saturated carbocycles. The Labute approximate surface area is 154 Å². The second-order valence-corrected chi connectivity index (χ2v) is 7.17. The van der Waals surface area contributed by atoms with Crippen molar-refractivity contribution in [1.29, 1.82) is 0 Å². The third kappa shape index (κ3) is 3.24. The van der Waals surface area contributed by atoms with Crippen LogP contribution < -0.4 is 4.74 Å². The number of carboxylic acid groups (broad SMARTS) is 1. The van der Waals surface area contributed by atoms with Crippen molar-refractivity contribution in [2.45, 2.75) is 38.8 Å². The molecule has 1 unspecified atom stereocenters. The van der Waals surface area contributed by atoms with E-state index in [2.05, 4.69) is 9.97 Å². The lowest BCUT2D eigenvalue weighted by atomic mass is 10.0.